The Morgan fingerprint density at radius 2 is 2.10 bits per heavy atom. The molecule has 0 saturated carbocycles. The van der Waals surface area contributed by atoms with Gasteiger partial charge in [-0.05, 0) is 44.8 Å². The van der Waals surface area contributed by atoms with Gasteiger partial charge < -0.3 is 15.8 Å². The first-order chi connectivity index (χ1) is 10.1. The molecule has 2 rings (SSSR count). The standard InChI is InChI=1S/C17H25N3O/c1-19-16(9-4-3-5-10-16)11-6-14-21-15-7-12-17(18,20-2)13-8-15/h3-9,11-12,19-20H,10,13-14,18H2,1-2H3. The van der Waals surface area contributed by atoms with Crippen LogP contribution in [-0.2, 0) is 4.74 Å². The molecule has 4 nitrogen and oxygen atoms in total. The Kier molecular flexibility index (Phi) is 5.17. The van der Waals surface area contributed by atoms with Crippen molar-refractivity contribution in [2.75, 3.05) is 20.7 Å². The summed E-state index contributed by atoms with van der Waals surface area (Å²) < 4.78 is 5.74. The lowest BCUT2D eigenvalue weighted by Crippen LogP contribution is -2.50. The lowest BCUT2D eigenvalue weighted by Gasteiger charge is -2.28. The lowest BCUT2D eigenvalue weighted by molar-refractivity contribution is 0.254. The number of nitrogens with one attached hydrogen (secondary N) is 2. The summed E-state index contributed by atoms with van der Waals surface area (Å²) in [5.74, 6) is 0.869. The third-order valence-corrected chi connectivity index (χ3v) is 3.97. The number of nitrogens with two attached hydrogens (primary N) is 1. The summed E-state index contributed by atoms with van der Waals surface area (Å²) >= 11 is 0. The summed E-state index contributed by atoms with van der Waals surface area (Å²) in [5, 5.41) is 6.42. The van der Waals surface area contributed by atoms with Crippen molar-refractivity contribution in [2.45, 2.75) is 24.0 Å². The molecule has 0 aliphatic heterocycles. The zero-order chi connectivity index (χ0) is 15.2. The van der Waals surface area contributed by atoms with Crippen LogP contribution in [0.15, 0.2) is 60.4 Å². The van der Waals surface area contributed by atoms with E-state index < -0.39 is 5.66 Å². The highest BCUT2D eigenvalue weighted by Gasteiger charge is 2.21. The molecule has 0 heterocycles. The topological polar surface area (TPSA) is 59.3 Å². The summed E-state index contributed by atoms with van der Waals surface area (Å²) in [6.45, 7) is 0.550. The molecule has 2 unspecified atom stereocenters. The molecule has 0 aromatic rings. The summed E-state index contributed by atoms with van der Waals surface area (Å²) in [6.07, 6.45) is 20.2. The van der Waals surface area contributed by atoms with Gasteiger partial charge in [0.2, 0.25) is 0 Å². The monoisotopic (exact) mass is 287 g/mol. The molecule has 0 bridgehead atoms. The molecule has 0 aromatic carbocycles. The van der Waals surface area contributed by atoms with Gasteiger partial charge in [0.05, 0.1) is 11.2 Å². The second kappa shape index (κ2) is 6.89. The maximum absolute atomic E-state index is 6.07. The van der Waals surface area contributed by atoms with E-state index in [1.807, 2.05) is 32.3 Å². The van der Waals surface area contributed by atoms with Crippen molar-refractivity contribution in [1.29, 1.82) is 0 Å². The third kappa shape index (κ3) is 4.17. The normalized spacial score (nSPS) is 31.7. The van der Waals surface area contributed by atoms with Gasteiger partial charge in [0.1, 0.15) is 12.4 Å². The Morgan fingerprint density at radius 1 is 1.24 bits per heavy atom. The highest BCUT2D eigenvalue weighted by molar-refractivity contribution is 5.28. The molecule has 21 heavy (non-hydrogen) atoms. The zero-order valence-electron chi connectivity index (χ0n) is 12.8. The van der Waals surface area contributed by atoms with E-state index >= 15 is 0 Å². The molecule has 0 radical (unpaired) electrons. The third-order valence-electron chi connectivity index (χ3n) is 3.97. The second-order valence-electron chi connectivity index (χ2n) is 5.43. The Labute approximate surface area is 127 Å². The van der Waals surface area contributed by atoms with Crippen LogP contribution in [-0.4, -0.2) is 31.9 Å². The van der Waals surface area contributed by atoms with E-state index in [9.17, 15) is 0 Å². The number of hydrogen-bond donors (Lipinski definition) is 3. The molecular formula is C17H25N3O. The minimum absolute atomic E-state index is 0.0898. The quantitative estimate of drug-likeness (QED) is 0.514. The van der Waals surface area contributed by atoms with Gasteiger partial charge in [-0.3, -0.25) is 5.32 Å². The van der Waals surface area contributed by atoms with E-state index in [0.717, 1.165) is 18.6 Å². The van der Waals surface area contributed by atoms with Crippen LogP contribution in [0.5, 0.6) is 0 Å². The smallest absolute Gasteiger partial charge is 0.115 e. The van der Waals surface area contributed by atoms with Crippen LogP contribution in [0.25, 0.3) is 0 Å². The van der Waals surface area contributed by atoms with E-state index in [0.29, 0.717) is 6.61 Å². The highest BCUT2D eigenvalue weighted by atomic mass is 16.5. The first kappa shape index (κ1) is 15.8. The van der Waals surface area contributed by atoms with Gasteiger partial charge in [0, 0.05) is 6.42 Å². The highest BCUT2D eigenvalue weighted by Crippen LogP contribution is 2.19. The molecule has 4 heteroatoms. The van der Waals surface area contributed by atoms with E-state index in [4.69, 9.17) is 10.5 Å². The van der Waals surface area contributed by atoms with Crippen molar-refractivity contribution in [1.82, 2.24) is 10.6 Å². The van der Waals surface area contributed by atoms with Gasteiger partial charge in [-0.15, -0.1) is 0 Å². The number of rotatable bonds is 6. The molecule has 2 aliphatic rings. The fourth-order valence-corrected chi connectivity index (χ4v) is 2.36. The van der Waals surface area contributed by atoms with Crippen LogP contribution in [0.1, 0.15) is 12.8 Å². The largest absolute Gasteiger partial charge is 0.490 e. The Hall–Kier alpha value is -1.62. The van der Waals surface area contributed by atoms with Crippen molar-refractivity contribution < 1.29 is 4.74 Å². The minimum atomic E-state index is -0.446. The van der Waals surface area contributed by atoms with Crippen molar-refractivity contribution in [3.8, 4) is 0 Å². The van der Waals surface area contributed by atoms with Crippen LogP contribution in [0.3, 0.4) is 0 Å². The molecular weight excluding hydrogens is 262 g/mol. The fourth-order valence-electron chi connectivity index (χ4n) is 2.36. The molecule has 114 valence electrons. The molecule has 4 N–H and O–H groups in total. The van der Waals surface area contributed by atoms with Crippen molar-refractivity contribution >= 4 is 0 Å². The average Bonchev–Trinajstić information content (AvgIpc) is 2.54. The Bertz CT molecular complexity index is 504. The zero-order valence-corrected chi connectivity index (χ0v) is 12.8. The number of hydrogen-bond acceptors (Lipinski definition) is 4. The number of ether oxygens (including phenoxy) is 1. The van der Waals surface area contributed by atoms with Crippen LogP contribution < -0.4 is 16.4 Å². The van der Waals surface area contributed by atoms with Crippen molar-refractivity contribution in [2.24, 2.45) is 5.73 Å². The Balaban J connectivity index is 1.82. The maximum atomic E-state index is 6.07. The summed E-state index contributed by atoms with van der Waals surface area (Å²) in [7, 11) is 3.83. The van der Waals surface area contributed by atoms with Gasteiger partial charge in [-0.2, -0.15) is 0 Å². The van der Waals surface area contributed by atoms with Crippen LogP contribution in [0.4, 0.5) is 0 Å². The molecule has 2 atom stereocenters. The molecule has 0 spiro atoms. The number of likely N-dealkylation sites (N-methyl/N-ethyl adjacent to an activating group) is 2. The van der Waals surface area contributed by atoms with Gasteiger partial charge in [-0.25, -0.2) is 0 Å². The van der Waals surface area contributed by atoms with Gasteiger partial charge in [-0.1, -0.05) is 30.4 Å². The van der Waals surface area contributed by atoms with E-state index in [1.165, 1.54) is 0 Å². The first-order valence-corrected chi connectivity index (χ1v) is 7.32. The van der Waals surface area contributed by atoms with Crippen LogP contribution >= 0.6 is 0 Å². The van der Waals surface area contributed by atoms with E-state index in [1.54, 1.807) is 0 Å². The van der Waals surface area contributed by atoms with Crippen molar-refractivity contribution in [3.05, 3.63) is 60.4 Å². The first-order valence-electron chi connectivity index (χ1n) is 7.32. The van der Waals surface area contributed by atoms with Crippen LogP contribution in [0, 0.1) is 0 Å². The molecule has 0 amide bonds. The van der Waals surface area contributed by atoms with Gasteiger partial charge in [0.25, 0.3) is 0 Å². The Morgan fingerprint density at radius 3 is 2.67 bits per heavy atom. The summed E-state index contributed by atoms with van der Waals surface area (Å²) in [6, 6.07) is 0. The van der Waals surface area contributed by atoms with Gasteiger partial charge >= 0.3 is 0 Å². The SMILES string of the molecule is CNC1(N)C=CC(OCC=CC2(NC)C=CC=CC2)=CC1. The summed E-state index contributed by atoms with van der Waals surface area (Å²) in [5.41, 5.74) is 5.54. The van der Waals surface area contributed by atoms with Crippen molar-refractivity contribution in [3.63, 3.8) is 0 Å². The number of allylic oxidation sites excluding steroid dienone is 3. The second-order valence-corrected chi connectivity index (χ2v) is 5.43. The lowest BCUT2D eigenvalue weighted by atomic mass is 9.91. The molecule has 2 aliphatic carbocycles. The predicted octanol–water partition coefficient (Wildman–Crippen LogP) is 1.75. The summed E-state index contributed by atoms with van der Waals surface area (Å²) in [4.78, 5) is 0. The van der Waals surface area contributed by atoms with E-state index in [-0.39, 0.29) is 5.54 Å². The fraction of sp³-hybridized carbons (Fsp3) is 0.412. The molecule has 0 saturated heterocycles. The maximum Gasteiger partial charge on any atom is 0.115 e. The predicted molar refractivity (Wildman–Crippen MR) is 87.6 cm³/mol. The molecule has 0 fully saturated rings. The average molecular weight is 287 g/mol. The van der Waals surface area contributed by atoms with Gasteiger partial charge in [0.15, 0.2) is 0 Å². The molecule has 0 aromatic heterocycles. The van der Waals surface area contributed by atoms with Crippen LogP contribution in [0.2, 0.25) is 0 Å². The van der Waals surface area contributed by atoms with E-state index in [2.05, 4.69) is 47.1 Å². The minimum Gasteiger partial charge on any atom is -0.490 e.